The van der Waals surface area contributed by atoms with E-state index in [1.165, 1.54) is 12.5 Å². The number of hydrogen-bond donors (Lipinski definition) is 0. The molecule has 13 heavy (non-hydrogen) atoms. The van der Waals surface area contributed by atoms with E-state index in [1.54, 1.807) is 0 Å². The Morgan fingerprint density at radius 3 is 2.62 bits per heavy atom. The van der Waals surface area contributed by atoms with Gasteiger partial charge in [0.2, 0.25) is 0 Å². The molecule has 0 aliphatic rings. The molecule has 2 nitrogen and oxygen atoms in total. The Kier molecular flexibility index (Phi) is 3.07. The molecule has 0 aromatic heterocycles. The summed E-state index contributed by atoms with van der Waals surface area (Å²) in [6.45, 7) is 5.45. The van der Waals surface area contributed by atoms with E-state index >= 15 is 0 Å². The first-order valence-corrected chi connectivity index (χ1v) is 4.41. The van der Waals surface area contributed by atoms with E-state index in [4.69, 9.17) is 4.74 Å². The smallest absolute Gasteiger partial charge is 0.308 e. The Hall–Kier alpha value is -1.31. The van der Waals surface area contributed by atoms with Gasteiger partial charge in [-0.15, -0.1) is 0 Å². The first-order valence-electron chi connectivity index (χ1n) is 4.41. The van der Waals surface area contributed by atoms with Crippen LogP contribution < -0.4 is 4.74 Å². The third kappa shape index (κ3) is 2.58. The second kappa shape index (κ2) is 4.08. The highest BCUT2D eigenvalue weighted by Gasteiger charge is 2.02. The summed E-state index contributed by atoms with van der Waals surface area (Å²) in [5.74, 6) is 0.386. The molecule has 0 heterocycles. The molecule has 0 saturated carbocycles. The molecule has 0 unspecified atom stereocenters. The molecule has 0 fully saturated rings. The van der Waals surface area contributed by atoms with Gasteiger partial charge in [-0.2, -0.15) is 0 Å². The fraction of sp³-hybridized carbons (Fsp3) is 0.364. The van der Waals surface area contributed by atoms with Crippen LogP contribution in [0.3, 0.4) is 0 Å². The van der Waals surface area contributed by atoms with E-state index in [0.29, 0.717) is 5.75 Å². The van der Waals surface area contributed by atoms with Gasteiger partial charge in [0.05, 0.1) is 0 Å². The van der Waals surface area contributed by atoms with Gasteiger partial charge in [0.25, 0.3) is 0 Å². The van der Waals surface area contributed by atoms with Gasteiger partial charge in [0, 0.05) is 6.92 Å². The minimum Gasteiger partial charge on any atom is -0.426 e. The molecule has 1 rings (SSSR count). The normalized spacial score (nSPS) is 9.77. The Labute approximate surface area is 78.5 Å². The molecule has 0 atom stereocenters. The largest absolute Gasteiger partial charge is 0.426 e. The van der Waals surface area contributed by atoms with Gasteiger partial charge < -0.3 is 4.74 Å². The maximum atomic E-state index is 10.7. The molecule has 0 spiro atoms. The SMILES string of the molecule is CCc1ccc(OC(C)=O)c(C)c1. The number of esters is 1. The van der Waals surface area contributed by atoms with Gasteiger partial charge in [0.15, 0.2) is 0 Å². The van der Waals surface area contributed by atoms with Crippen molar-refractivity contribution in [3.63, 3.8) is 0 Å². The summed E-state index contributed by atoms with van der Waals surface area (Å²) in [5.41, 5.74) is 2.27. The molecule has 0 saturated heterocycles. The summed E-state index contributed by atoms with van der Waals surface area (Å²) in [5, 5.41) is 0. The van der Waals surface area contributed by atoms with Crippen LogP contribution in [0.5, 0.6) is 5.75 Å². The van der Waals surface area contributed by atoms with Crippen molar-refractivity contribution in [2.24, 2.45) is 0 Å². The quantitative estimate of drug-likeness (QED) is 0.513. The van der Waals surface area contributed by atoms with E-state index < -0.39 is 0 Å². The fourth-order valence-electron chi connectivity index (χ4n) is 1.20. The fourth-order valence-corrected chi connectivity index (χ4v) is 1.20. The summed E-state index contributed by atoms with van der Waals surface area (Å²) in [4.78, 5) is 10.7. The van der Waals surface area contributed by atoms with Gasteiger partial charge in [0.1, 0.15) is 5.75 Å². The van der Waals surface area contributed by atoms with Crippen molar-refractivity contribution in [3.8, 4) is 5.75 Å². The number of rotatable bonds is 2. The number of aryl methyl sites for hydroxylation is 2. The third-order valence-corrected chi connectivity index (χ3v) is 1.90. The molecule has 0 radical (unpaired) electrons. The number of benzene rings is 1. The van der Waals surface area contributed by atoms with Crippen LogP contribution in [0, 0.1) is 6.92 Å². The molecule has 0 amide bonds. The molecule has 1 aromatic carbocycles. The second-order valence-electron chi connectivity index (χ2n) is 3.05. The second-order valence-corrected chi connectivity index (χ2v) is 3.05. The zero-order valence-electron chi connectivity index (χ0n) is 8.26. The minimum absolute atomic E-state index is 0.271. The minimum atomic E-state index is -0.271. The van der Waals surface area contributed by atoms with Crippen LogP contribution in [0.4, 0.5) is 0 Å². The van der Waals surface area contributed by atoms with Crippen LogP contribution in [0.2, 0.25) is 0 Å². The number of hydrogen-bond acceptors (Lipinski definition) is 2. The standard InChI is InChI=1S/C11H14O2/c1-4-10-5-6-11(8(2)7-10)13-9(3)12/h5-7H,4H2,1-3H3. The Morgan fingerprint density at radius 2 is 2.15 bits per heavy atom. The van der Waals surface area contributed by atoms with Gasteiger partial charge in [-0.1, -0.05) is 19.1 Å². The Balaban J connectivity index is 2.91. The average Bonchev–Trinajstić information content (AvgIpc) is 2.08. The first-order chi connectivity index (χ1) is 6.13. The highest BCUT2D eigenvalue weighted by Crippen LogP contribution is 2.19. The van der Waals surface area contributed by atoms with E-state index in [9.17, 15) is 4.79 Å². The first kappa shape index (κ1) is 9.78. The van der Waals surface area contributed by atoms with Crippen molar-refractivity contribution in [3.05, 3.63) is 29.3 Å². The van der Waals surface area contributed by atoms with E-state index in [1.807, 2.05) is 25.1 Å². The zero-order valence-corrected chi connectivity index (χ0v) is 8.26. The third-order valence-electron chi connectivity index (χ3n) is 1.90. The van der Waals surface area contributed by atoms with E-state index in [0.717, 1.165) is 12.0 Å². The van der Waals surface area contributed by atoms with Crippen LogP contribution in [0.15, 0.2) is 18.2 Å². The van der Waals surface area contributed by atoms with Gasteiger partial charge >= 0.3 is 5.97 Å². The lowest BCUT2D eigenvalue weighted by Gasteiger charge is -2.06. The van der Waals surface area contributed by atoms with Crippen LogP contribution in [-0.2, 0) is 11.2 Å². The molecule has 0 aliphatic heterocycles. The van der Waals surface area contributed by atoms with Crippen LogP contribution in [-0.4, -0.2) is 5.97 Å². The zero-order chi connectivity index (χ0) is 9.84. The van der Waals surface area contributed by atoms with Crippen LogP contribution in [0.25, 0.3) is 0 Å². The van der Waals surface area contributed by atoms with Crippen molar-refractivity contribution in [2.45, 2.75) is 27.2 Å². The highest BCUT2D eigenvalue weighted by molar-refractivity contribution is 5.69. The molecule has 0 N–H and O–H groups in total. The van der Waals surface area contributed by atoms with Crippen LogP contribution in [0.1, 0.15) is 25.0 Å². The molecule has 0 aliphatic carbocycles. The highest BCUT2D eigenvalue weighted by atomic mass is 16.5. The average molecular weight is 178 g/mol. The summed E-state index contributed by atoms with van der Waals surface area (Å²) < 4.78 is 5.01. The monoisotopic (exact) mass is 178 g/mol. The predicted octanol–water partition coefficient (Wildman–Crippen LogP) is 2.48. The summed E-state index contributed by atoms with van der Waals surface area (Å²) in [6, 6.07) is 5.86. The van der Waals surface area contributed by atoms with E-state index in [2.05, 4.69) is 6.92 Å². The Bertz CT molecular complexity index is 316. The Morgan fingerprint density at radius 1 is 1.46 bits per heavy atom. The number of ether oxygens (including phenoxy) is 1. The van der Waals surface area contributed by atoms with Crippen molar-refractivity contribution < 1.29 is 9.53 Å². The van der Waals surface area contributed by atoms with Gasteiger partial charge in [-0.25, -0.2) is 0 Å². The summed E-state index contributed by atoms with van der Waals surface area (Å²) >= 11 is 0. The van der Waals surface area contributed by atoms with Crippen LogP contribution >= 0.6 is 0 Å². The number of carbonyl (C=O) groups is 1. The van der Waals surface area contributed by atoms with Gasteiger partial charge in [-0.05, 0) is 30.5 Å². The topological polar surface area (TPSA) is 26.3 Å². The maximum Gasteiger partial charge on any atom is 0.308 e. The molecular formula is C11H14O2. The summed E-state index contributed by atoms with van der Waals surface area (Å²) in [7, 11) is 0. The predicted molar refractivity (Wildman–Crippen MR) is 51.9 cm³/mol. The maximum absolute atomic E-state index is 10.7. The van der Waals surface area contributed by atoms with Crippen molar-refractivity contribution >= 4 is 5.97 Å². The van der Waals surface area contributed by atoms with Crippen molar-refractivity contribution in [1.82, 2.24) is 0 Å². The van der Waals surface area contributed by atoms with Crippen molar-refractivity contribution in [1.29, 1.82) is 0 Å². The molecular weight excluding hydrogens is 164 g/mol. The number of carbonyl (C=O) groups excluding carboxylic acids is 1. The lowest BCUT2D eigenvalue weighted by atomic mass is 10.1. The summed E-state index contributed by atoms with van der Waals surface area (Å²) in [6.07, 6.45) is 1.00. The lowest BCUT2D eigenvalue weighted by molar-refractivity contribution is -0.131. The lowest BCUT2D eigenvalue weighted by Crippen LogP contribution is -2.02. The van der Waals surface area contributed by atoms with Crippen molar-refractivity contribution in [2.75, 3.05) is 0 Å². The molecule has 2 heteroatoms. The molecule has 1 aromatic rings. The molecule has 0 bridgehead atoms. The molecule has 70 valence electrons. The van der Waals surface area contributed by atoms with E-state index in [-0.39, 0.29) is 5.97 Å². The van der Waals surface area contributed by atoms with Gasteiger partial charge in [-0.3, -0.25) is 4.79 Å².